The fourth-order valence-electron chi connectivity index (χ4n) is 2.04. The molecule has 6 heteroatoms. The molecule has 1 aromatic heterocycles. The van der Waals surface area contributed by atoms with Gasteiger partial charge >= 0.3 is 0 Å². The van der Waals surface area contributed by atoms with Crippen LogP contribution in [0.1, 0.15) is 11.4 Å². The molecule has 19 heavy (non-hydrogen) atoms. The van der Waals surface area contributed by atoms with Crippen molar-refractivity contribution in [3.63, 3.8) is 0 Å². The summed E-state index contributed by atoms with van der Waals surface area (Å²) >= 11 is 12.0. The van der Waals surface area contributed by atoms with E-state index in [0.717, 1.165) is 17.0 Å². The maximum atomic E-state index is 6.08. The summed E-state index contributed by atoms with van der Waals surface area (Å²) in [6.45, 7) is 4.13. The monoisotopic (exact) mass is 319 g/mol. The minimum atomic E-state index is 0. The second-order valence-corrected chi connectivity index (χ2v) is 5.00. The first-order valence-corrected chi connectivity index (χ1v) is 6.36. The predicted molar refractivity (Wildman–Crippen MR) is 83.0 cm³/mol. The van der Waals surface area contributed by atoms with Crippen LogP contribution >= 0.6 is 35.6 Å². The molecule has 0 bridgehead atoms. The Labute approximate surface area is 128 Å². The summed E-state index contributed by atoms with van der Waals surface area (Å²) in [5.74, 6) is 0. The second-order valence-electron chi connectivity index (χ2n) is 4.19. The Balaban J connectivity index is 0.00000180. The maximum absolute atomic E-state index is 6.08. The Bertz CT molecular complexity index is 669. The van der Waals surface area contributed by atoms with Gasteiger partial charge in [-0.25, -0.2) is 0 Å². The molecule has 0 N–H and O–H groups in total. The summed E-state index contributed by atoms with van der Waals surface area (Å²) in [6.07, 6.45) is 0. The molecule has 0 fully saturated rings. The molecule has 2 rings (SSSR count). The molecule has 3 nitrogen and oxygen atoms in total. The van der Waals surface area contributed by atoms with Crippen LogP contribution in [-0.4, -0.2) is 16.2 Å². The van der Waals surface area contributed by atoms with Gasteiger partial charge in [-0.05, 0) is 32.0 Å². The van der Waals surface area contributed by atoms with E-state index in [1.807, 2.05) is 19.2 Å². The van der Waals surface area contributed by atoms with Crippen molar-refractivity contribution in [3.8, 4) is 5.69 Å². The average molecular weight is 321 g/mol. The van der Waals surface area contributed by atoms with Crippen molar-refractivity contribution < 1.29 is 0 Å². The van der Waals surface area contributed by atoms with Crippen molar-refractivity contribution in [3.05, 3.63) is 45.3 Å². The van der Waals surface area contributed by atoms with Crippen molar-refractivity contribution in [2.24, 2.45) is 12.0 Å². The van der Waals surface area contributed by atoms with Crippen molar-refractivity contribution in [1.29, 1.82) is 0 Å². The third kappa shape index (κ3) is 2.69. The molecule has 0 saturated heterocycles. The Morgan fingerprint density at radius 1 is 1.05 bits per heavy atom. The number of nitrogens with zero attached hydrogens (tertiary/aromatic N) is 3. The van der Waals surface area contributed by atoms with E-state index in [2.05, 4.69) is 28.0 Å². The summed E-state index contributed by atoms with van der Waals surface area (Å²) < 4.78 is 4.12. The van der Waals surface area contributed by atoms with E-state index in [0.29, 0.717) is 10.0 Å². The highest BCUT2D eigenvalue weighted by atomic mass is 35.5. The molecule has 2 aromatic rings. The predicted octanol–water partition coefficient (Wildman–Crippen LogP) is 3.69. The van der Waals surface area contributed by atoms with Gasteiger partial charge in [0.05, 0.1) is 15.7 Å². The standard InChI is InChI=1S/C13H15Cl2N3.ClH/c1-8-9(2)18(13(16-3)17(8)4)10-5-6-11(14)12(15)7-10;/h5-7H,1-4H3;1H. The normalized spacial score (nSPS) is 11.6. The lowest BCUT2D eigenvalue weighted by atomic mass is 10.3. The quantitative estimate of drug-likeness (QED) is 0.764. The third-order valence-electron chi connectivity index (χ3n) is 3.22. The van der Waals surface area contributed by atoms with Crippen LogP contribution in [0.4, 0.5) is 0 Å². The van der Waals surface area contributed by atoms with Crippen LogP contribution in [0.3, 0.4) is 0 Å². The number of hydrogen-bond acceptors (Lipinski definition) is 1. The van der Waals surface area contributed by atoms with Crippen molar-refractivity contribution in [2.75, 3.05) is 7.05 Å². The third-order valence-corrected chi connectivity index (χ3v) is 3.96. The largest absolute Gasteiger partial charge is 0.317 e. The Hall–Kier alpha value is -0.900. The molecule has 0 saturated carbocycles. The Morgan fingerprint density at radius 2 is 1.68 bits per heavy atom. The van der Waals surface area contributed by atoms with Crippen LogP contribution in [0.5, 0.6) is 0 Å². The Kier molecular flexibility index (Phi) is 5.13. The number of benzene rings is 1. The minimum Gasteiger partial charge on any atom is -0.317 e. The van der Waals surface area contributed by atoms with Crippen LogP contribution in [0, 0.1) is 13.8 Å². The van der Waals surface area contributed by atoms with Gasteiger partial charge < -0.3 is 4.57 Å². The summed E-state index contributed by atoms with van der Waals surface area (Å²) in [4.78, 5) is 4.33. The topological polar surface area (TPSA) is 22.2 Å². The van der Waals surface area contributed by atoms with Gasteiger partial charge in [0.25, 0.3) is 0 Å². The molecular formula is C13H16Cl3N3. The van der Waals surface area contributed by atoms with Gasteiger partial charge in [0.1, 0.15) is 0 Å². The van der Waals surface area contributed by atoms with Gasteiger partial charge in [-0.1, -0.05) is 23.2 Å². The lowest BCUT2D eigenvalue weighted by Gasteiger charge is -2.07. The van der Waals surface area contributed by atoms with Gasteiger partial charge in [0.2, 0.25) is 5.62 Å². The van der Waals surface area contributed by atoms with Gasteiger partial charge in [-0.15, -0.1) is 12.4 Å². The number of imidazole rings is 1. The van der Waals surface area contributed by atoms with Crippen LogP contribution in [0.25, 0.3) is 5.69 Å². The second kappa shape index (κ2) is 6.04. The van der Waals surface area contributed by atoms with E-state index in [1.54, 1.807) is 13.1 Å². The number of hydrogen-bond donors (Lipinski definition) is 0. The van der Waals surface area contributed by atoms with Gasteiger partial charge in [0, 0.05) is 25.5 Å². The molecule has 0 radical (unpaired) electrons. The first-order valence-electron chi connectivity index (χ1n) is 5.60. The summed E-state index contributed by atoms with van der Waals surface area (Å²) in [5.41, 5.74) is 4.15. The fraction of sp³-hybridized carbons (Fsp3) is 0.308. The zero-order chi connectivity index (χ0) is 13.4. The van der Waals surface area contributed by atoms with Crippen molar-refractivity contribution in [1.82, 2.24) is 9.13 Å². The summed E-state index contributed by atoms with van der Waals surface area (Å²) in [7, 11) is 3.78. The molecule has 1 aromatic carbocycles. The van der Waals surface area contributed by atoms with E-state index >= 15 is 0 Å². The van der Waals surface area contributed by atoms with Crippen molar-refractivity contribution in [2.45, 2.75) is 13.8 Å². The molecule has 104 valence electrons. The first-order chi connectivity index (χ1) is 8.47. The smallest absolute Gasteiger partial charge is 0.209 e. The van der Waals surface area contributed by atoms with Crippen LogP contribution in [0.2, 0.25) is 10.0 Å². The summed E-state index contributed by atoms with van der Waals surface area (Å²) in [6, 6.07) is 5.59. The SMILES string of the molecule is CN=c1n(C)c(C)c(C)n1-c1ccc(Cl)c(Cl)c1.Cl. The van der Waals surface area contributed by atoms with E-state index in [-0.39, 0.29) is 12.4 Å². The zero-order valence-electron chi connectivity index (χ0n) is 11.2. The van der Waals surface area contributed by atoms with Crippen LogP contribution in [0.15, 0.2) is 23.2 Å². The average Bonchev–Trinajstić information content (AvgIpc) is 2.57. The lowest BCUT2D eigenvalue weighted by molar-refractivity contribution is 0.766. The highest BCUT2D eigenvalue weighted by Gasteiger charge is 2.11. The molecular weight excluding hydrogens is 305 g/mol. The molecule has 0 amide bonds. The highest BCUT2D eigenvalue weighted by Crippen LogP contribution is 2.24. The molecule has 0 atom stereocenters. The molecule has 0 aliphatic carbocycles. The number of halogens is 3. The maximum Gasteiger partial charge on any atom is 0.209 e. The highest BCUT2D eigenvalue weighted by molar-refractivity contribution is 6.42. The molecule has 0 aliphatic rings. The summed E-state index contributed by atoms with van der Waals surface area (Å²) in [5, 5.41) is 1.10. The lowest BCUT2D eigenvalue weighted by Crippen LogP contribution is -2.23. The van der Waals surface area contributed by atoms with E-state index in [4.69, 9.17) is 23.2 Å². The fourth-order valence-corrected chi connectivity index (χ4v) is 2.33. The minimum absolute atomic E-state index is 0. The van der Waals surface area contributed by atoms with E-state index < -0.39 is 0 Å². The van der Waals surface area contributed by atoms with Gasteiger partial charge in [-0.3, -0.25) is 9.56 Å². The zero-order valence-corrected chi connectivity index (χ0v) is 13.6. The molecule has 0 unspecified atom stereocenters. The van der Waals surface area contributed by atoms with Crippen molar-refractivity contribution >= 4 is 35.6 Å². The molecule has 0 aliphatic heterocycles. The Morgan fingerprint density at radius 3 is 2.21 bits per heavy atom. The number of rotatable bonds is 1. The van der Waals surface area contributed by atoms with Gasteiger partial charge in [0.15, 0.2) is 0 Å². The van der Waals surface area contributed by atoms with Crippen LogP contribution in [-0.2, 0) is 7.05 Å². The number of aromatic nitrogens is 2. The van der Waals surface area contributed by atoms with Crippen LogP contribution < -0.4 is 5.62 Å². The van der Waals surface area contributed by atoms with E-state index in [9.17, 15) is 0 Å². The van der Waals surface area contributed by atoms with E-state index in [1.165, 1.54) is 5.69 Å². The first kappa shape index (κ1) is 16.2. The molecule has 0 spiro atoms. The molecule has 1 heterocycles. The van der Waals surface area contributed by atoms with Gasteiger partial charge in [-0.2, -0.15) is 0 Å².